The van der Waals surface area contributed by atoms with Crippen LogP contribution >= 0.6 is 0 Å². The molecule has 10 rings (SSSR count). The molecule has 0 N–H and O–H groups in total. The second-order valence-electron chi connectivity index (χ2n) is 12.3. The molecule has 0 bridgehead atoms. The van der Waals surface area contributed by atoms with Gasteiger partial charge < -0.3 is 4.42 Å². The van der Waals surface area contributed by atoms with Crippen LogP contribution in [0.2, 0.25) is 0 Å². The third kappa shape index (κ3) is 3.24. The van der Waals surface area contributed by atoms with Crippen molar-refractivity contribution in [3.05, 3.63) is 161 Å². The molecular formula is C43H28O. The van der Waals surface area contributed by atoms with Crippen LogP contribution in [0.4, 0.5) is 0 Å². The molecule has 1 nitrogen and oxygen atoms in total. The zero-order valence-electron chi connectivity index (χ0n) is 24.2. The molecule has 0 radical (unpaired) electrons. The van der Waals surface area contributed by atoms with E-state index in [1.165, 1.54) is 76.6 Å². The third-order valence-corrected chi connectivity index (χ3v) is 10.0. The van der Waals surface area contributed by atoms with Crippen molar-refractivity contribution in [2.45, 2.75) is 18.8 Å². The van der Waals surface area contributed by atoms with E-state index in [0.717, 1.165) is 29.7 Å². The predicted molar refractivity (Wildman–Crippen MR) is 184 cm³/mol. The molecule has 8 aromatic rings. The number of allylic oxidation sites excluding steroid dienone is 1. The van der Waals surface area contributed by atoms with Crippen LogP contribution in [0.15, 0.2) is 138 Å². The summed E-state index contributed by atoms with van der Waals surface area (Å²) in [6, 6.07) is 47.3. The van der Waals surface area contributed by atoms with Gasteiger partial charge in [0.2, 0.25) is 0 Å². The van der Waals surface area contributed by atoms with Crippen LogP contribution in [0.3, 0.4) is 0 Å². The number of benzene rings is 7. The Morgan fingerprint density at radius 1 is 0.545 bits per heavy atom. The molecular weight excluding hydrogens is 532 g/mol. The molecule has 0 saturated heterocycles. The van der Waals surface area contributed by atoms with Crippen molar-refractivity contribution in [3.8, 4) is 22.3 Å². The molecule has 0 amide bonds. The number of hydrogen-bond donors (Lipinski definition) is 0. The summed E-state index contributed by atoms with van der Waals surface area (Å²) in [5.41, 5.74) is 11.5. The Morgan fingerprint density at radius 2 is 1.23 bits per heavy atom. The van der Waals surface area contributed by atoms with Crippen LogP contribution in [0, 0.1) is 0 Å². The maximum absolute atomic E-state index is 6.53. The van der Waals surface area contributed by atoms with E-state index in [2.05, 4.69) is 140 Å². The summed E-state index contributed by atoms with van der Waals surface area (Å²) in [7, 11) is 0. The zero-order valence-corrected chi connectivity index (χ0v) is 24.2. The minimum absolute atomic E-state index is 0.126. The average molecular weight is 561 g/mol. The Morgan fingerprint density at radius 3 is 2.05 bits per heavy atom. The maximum Gasteiger partial charge on any atom is 0.142 e. The number of hydrogen-bond acceptors (Lipinski definition) is 1. The normalized spacial score (nSPS) is 15.2. The fraction of sp³-hybridized carbons (Fsp3) is 0.0698. The van der Waals surface area contributed by atoms with Gasteiger partial charge in [-0.05, 0) is 90.7 Å². The molecule has 44 heavy (non-hydrogen) atoms. The number of fused-ring (bicyclic) bond motifs is 13. The molecule has 1 aromatic heterocycles. The van der Waals surface area contributed by atoms with Gasteiger partial charge in [0.05, 0.1) is 0 Å². The number of aryl methyl sites for hydroxylation is 1. The first-order valence-electron chi connectivity index (χ1n) is 15.6. The summed E-state index contributed by atoms with van der Waals surface area (Å²) < 4.78 is 6.53. The lowest BCUT2D eigenvalue weighted by Crippen LogP contribution is -2.01. The first-order chi connectivity index (χ1) is 21.8. The fourth-order valence-electron chi connectivity index (χ4n) is 8.15. The molecule has 7 aromatic carbocycles. The smallest absolute Gasteiger partial charge is 0.142 e. The van der Waals surface area contributed by atoms with E-state index in [4.69, 9.17) is 4.42 Å². The van der Waals surface area contributed by atoms with Crippen LogP contribution < -0.4 is 0 Å². The van der Waals surface area contributed by atoms with Gasteiger partial charge in [0.25, 0.3) is 0 Å². The van der Waals surface area contributed by atoms with Gasteiger partial charge in [0.1, 0.15) is 11.3 Å². The predicted octanol–water partition coefficient (Wildman–Crippen LogP) is 11.7. The van der Waals surface area contributed by atoms with Gasteiger partial charge in [-0.1, -0.05) is 127 Å². The van der Waals surface area contributed by atoms with Crippen molar-refractivity contribution in [1.29, 1.82) is 0 Å². The molecule has 206 valence electrons. The monoisotopic (exact) mass is 560 g/mol. The van der Waals surface area contributed by atoms with E-state index >= 15 is 0 Å². The maximum atomic E-state index is 6.53. The Labute approximate surface area is 255 Å². The molecule has 0 aliphatic heterocycles. The molecule has 2 aliphatic rings. The second kappa shape index (κ2) is 9.05. The number of furan rings is 1. The highest BCUT2D eigenvalue weighted by Crippen LogP contribution is 2.54. The van der Waals surface area contributed by atoms with E-state index in [1.807, 2.05) is 0 Å². The van der Waals surface area contributed by atoms with Gasteiger partial charge in [-0.2, -0.15) is 0 Å². The van der Waals surface area contributed by atoms with Crippen LogP contribution in [0.1, 0.15) is 40.4 Å². The summed E-state index contributed by atoms with van der Waals surface area (Å²) in [6.45, 7) is 0. The first-order valence-corrected chi connectivity index (χ1v) is 15.6. The molecule has 1 heterocycles. The third-order valence-electron chi connectivity index (χ3n) is 10.0. The molecule has 0 saturated carbocycles. The van der Waals surface area contributed by atoms with Crippen LogP contribution in [0.5, 0.6) is 0 Å². The minimum Gasteiger partial charge on any atom is -0.456 e. The Kier molecular flexibility index (Phi) is 4.95. The lowest BCUT2D eigenvalue weighted by molar-refractivity contribution is 0.596. The second-order valence-corrected chi connectivity index (χ2v) is 12.3. The topological polar surface area (TPSA) is 13.1 Å². The Balaban J connectivity index is 1.28. The van der Waals surface area contributed by atoms with Gasteiger partial charge in [0, 0.05) is 22.4 Å². The van der Waals surface area contributed by atoms with E-state index in [1.54, 1.807) is 0 Å². The highest BCUT2D eigenvalue weighted by molar-refractivity contribution is 6.27. The molecule has 1 unspecified atom stereocenters. The van der Waals surface area contributed by atoms with Gasteiger partial charge in [0.15, 0.2) is 0 Å². The Hall–Kier alpha value is -5.40. The number of rotatable bonds is 2. The van der Waals surface area contributed by atoms with E-state index < -0.39 is 0 Å². The highest BCUT2D eigenvalue weighted by Gasteiger charge is 2.33. The SMILES string of the molecule is C1=Cc2oc3c(-c4ccc5c(c4)C(c4ccccc4)c4c-5ccc5c6ccccc6c6ccccc6c45)cccc3c2CC1. The lowest BCUT2D eigenvalue weighted by Gasteiger charge is -2.19. The molecule has 1 heteroatoms. The molecule has 0 spiro atoms. The van der Waals surface area contributed by atoms with Crippen molar-refractivity contribution in [2.24, 2.45) is 0 Å². The van der Waals surface area contributed by atoms with E-state index in [9.17, 15) is 0 Å². The zero-order chi connectivity index (χ0) is 28.8. The standard InChI is InChI=1S/C43H28O/c1-2-11-26(12-3-1)40-38-25-27(28-18-10-19-37-33-16-8-9-20-39(33)44-43(28)37)21-22-32(38)36-24-23-35-31-15-5-4-13-29(31)30-14-6-7-17-34(30)41(35)42(36)40/h1-7,9-15,17-25,40H,8,16H2. The van der Waals surface area contributed by atoms with Crippen molar-refractivity contribution in [1.82, 2.24) is 0 Å². The number of para-hydroxylation sites is 1. The van der Waals surface area contributed by atoms with Gasteiger partial charge in [-0.25, -0.2) is 0 Å². The quantitative estimate of drug-likeness (QED) is 0.192. The summed E-state index contributed by atoms with van der Waals surface area (Å²) in [6.07, 6.45) is 6.47. The van der Waals surface area contributed by atoms with Gasteiger partial charge in [-0.15, -0.1) is 0 Å². The Bertz CT molecular complexity index is 2460. The van der Waals surface area contributed by atoms with E-state index in [-0.39, 0.29) is 5.92 Å². The van der Waals surface area contributed by atoms with Crippen LogP contribution in [0.25, 0.3) is 71.6 Å². The summed E-state index contributed by atoms with van der Waals surface area (Å²) in [5.74, 6) is 1.14. The van der Waals surface area contributed by atoms with Crippen molar-refractivity contribution in [2.75, 3.05) is 0 Å². The molecule has 2 aliphatic carbocycles. The van der Waals surface area contributed by atoms with Gasteiger partial charge >= 0.3 is 0 Å². The van der Waals surface area contributed by atoms with Crippen molar-refractivity contribution >= 4 is 49.4 Å². The summed E-state index contributed by atoms with van der Waals surface area (Å²) in [5, 5.41) is 9.21. The average Bonchev–Trinajstić information content (AvgIpc) is 3.64. The van der Waals surface area contributed by atoms with E-state index in [0.29, 0.717) is 0 Å². The minimum atomic E-state index is 0.126. The van der Waals surface area contributed by atoms with Crippen molar-refractivity contribution in [3.63, 3.8) is 0 Å². The molecule has 1 atom stereocenters. The van der Waals surface area contributed by atoms with Crippen LogP contribution in [-0.4, -0.2) is 0 Å². The van der Waals surface area contributed by atoms with Crippen LogP contribution in [-0.2, 0) is 6.42 Å². The molecule has 0 fully saturated rings. The summed E-state index contributed by atoms with van der Waals surface area (Å²) in [4.78, 5) is 0. The fourth-order valence-corrected chi connectivity index (χ4v) is 8.15. The van der Waals surface area contributed by atoms with Gasteiger partial charge in [-0.3, -0.25) is 0 Å². The summed E-state index contributed by atoms with van der Waals surface area (Å²) >= 11 is 0. The van der Waals surface area contributed by atoms with Crippen molar-refractivity contribution < 1.29 is 4.42 Å². The largest absolute Gasteiger partial charge is 0.456 e. The first kappa shape index (κ1) is 24.1. The highest BCUT2D eigenvalue weighted by atomic mass is 16.3. The lowest BCUT2D eigenvalue weighted by atomic mass is 9.83.